The minimum Gasteiger partial charge on any atom is -0.416 e. The largest absolute Gasteiger partial charge is 0.416 e. The van der Waals surface area contributed by atoms with E-state index in [1.807, 2.05) is 18.2 Å². The second-order valence-corrected chi connectivity index (χ2v) is 7.47. The zero-order valence-electron chi connectivity index (χ0n) is 15.1. The smallest absolute Gasteiger partial charge is 0.248 e. The van der Waals surface area contributed by atoms with E-state index < -0.39 is 5.54 Å². The van der Waals surface area contributed by atoms with Crippen LogP contribution in [0.3, 0.4) is 0 Å². The summed E-state index contributed by atoms with van der Waals surface area (Å²) in [5, 5.41) is 18.0. The molecule has 0 unspecified atom stereocenters. The Hall–Kier alpha value is -2.50. The fourth-order valence-corrected chi connectivity index (χ4v) is 3.71. The Kier molecular flexibility index (Phi) is 4.13. The highest BCUT2D eigenvalue weighted by atomic mass is 16.4. The molecule has 3 N–H and O–H groups in total. The fourth-order valence-electron chi connectivity index (χ4n) is 3.71. The van der Waals surface area contributed by atoms with Crippen molar-refractivity contribution in [3.05, 3.63) is 58.7 Å². The molecule has 5 heteroatoms. The van der Waals surface area contributed by atoms with Gasteiger partial charge < -0.3 is 15.3 Å². The van der Waals surface area contributed by atoms with Crippen LogP contribution in [0.4, 0.5) is 0 Å². The summed E-state index contributed by atoms with van der Waals surface area (Å²) in [7, 11) is 0. The minimum absolute atomic E-state index is 0.00587. The van der Waals surface area contributed by atoms with Gasteiger partial charge >= 0.3 is 0 Å². The standard InChI is InChI=1S/C21H23N3O2/c1-13-7-14(2)9-17(8-13)20-24-23-19(26-20)16-4-3-15-5-6-21(22,12-25)11-18(15)10-16/h3-4,7-10,25H,5-6,11-12,22H2,1-2H3/t21-/m0/s1. The van der Waals surface area contributed by atoms with Crippen molar-refractivity contribution >= 4 is 0 Å². The molecule has 1 aliphatic rings. The number of fused-ring (bicyclic) bond motifs is 1. The van der Waals surface area contributed by atoms with Gasteiger partial charge in [0.1, 0.15) is 0 Å². The van der Waals surface area contributed by atoms with E-state index in [0.717, 1.165) is 40.7 Å². The van der Waals surface area contributed by atoms with Gasteiger partial charge in [-0.1, -0.05) is 23.3 Å². The van der Waals surface area contributed by atoms with Crippen LogP contribution in [0.1, 0.15) is 28.7 Å². The van der Waals surface area contributed by atoms with Crippen LogP contribution < -0.4 is 5.73 Å². The first-order valence-electron chi connectivity index (χ1n) is 8.90. The molecule has 0 radical (unpaired) electrons. The number of hydrogen-bond donors (Lipinski definition) is 2. The van der Waals surface area contributed by atoms with Crippen LogP contribution in [0, 0.1) is 13.8 Å². The topological polar surface area (TPSA) is 85.2 Å². The van der Waals surface area contributed by atoms with Crippen LogP contribution in [0.25, 0.3) is 22.9 Å². The fraction of sp³-hybridized carbons (Fsp3) is 0.333. The first-order valence-corrected chi connectivity index (χ1v) is 8.90. The molecule has 4 rings (SSSR count). The van der Waals surface area contributed by atoms with E-state index in [1.54, 1.807) is 0 Å². The third-order valence-electron chi connectivity index (χ3n) is 5.10. The summed E-state index contributed by atoms with van der Waals surface area (Å²) in [4.78, 5) is 0. The predicted molar refractivity (Wildman–Crippen MR) is 101 cm³/mol. The Morgan fingerprint density at radius 3 is 2.38 bits per heavy atom. The molecule has 0 spiro atoms. The number of aliphatic hydroxyl groups excluding tert-OH is 1. The maximum atomic E-state index is 9.57. The molecule has 1 aromatic heterocycles. The third kappa shape index (κ3) is 3.16. The van der Waals surface area contributed by atoms with Crippen molar-refractivity contribution in [2.24, 2.45) is 5.73 Å². The van der Waals surface area contributed by atoms with Gasteiger partial charge in [-0.3, -0.25) is 0 Å². The lowest BCUT2D eigenvalue weighted by molar-refractivity contribution is 0.181. The maximum Gasteiger partial charge on any atom is 0.248 e. The van der Waals surface area contributed by atoms with Gasteiger partial charge in [0.05, 0.1) is 6.61 Å². The monoisotopic (exact) mass is 349 g/mol. The Labute approximate surface area is 152 Å². The van der Waals surface area contributed by atoms with Gasteiger partial charge in [-0.25, -0.2) is 0 Å². The van der Waals surface area contributed by atoms with Gasteiger partial charge in [0.25, 0.3) is 0 Å². The van der Waals surface area contributed by atoms with Crippen LogP contribution in [0.5, 0.6) is 0 Å². The molecule has 0 aliphatic heterocycles. The SMILES string of the molecule is Cc1cc(C)cc(-c2nnc(-c3ccc4c(c3)C[C@](N)(CO)CC4)o2)c1. The molecule has 0 fully saturated rings. The third-order valence-corrected chi connectivity index (χ3v) is 5.10. The van der Waals surface area contributed by atoms with Crippen LogP contribution >= 0.6 is 0 Å². The van der Waals surface area contributed by atoms with Crippen LogP contribution in [0.15, 0.2) is 40.8 Å². The lowest BCUT2D eigenvalue weighted by atomic mass is 9.78. The molecule has 1 aliphatic carbocycles. The molecule has 134 valence electrons. The second kappa shape index (κ2) is 6.34. The van der Waals surface area contributed by atoms with Crippen LogP contribution in [-0.4, -0.2) is 27.4 Å². The van der Waals surface area contributed by atoms with Crippen LogP contribution in [0.2, 0.25) is 0 Å². The Morgan fingerprint density at radius 2 is 1.69 bits per heavy atom. The summed E-state index contributed by atoms with van der Waals surface area (Å²) >= 11 is 0. The molecule has 0 saturated heterocycles. The number of aliphatic hydroxyl groups is 1. The van der Waals surface area contributed by atoms with E-state index in [1.165, 1.54) is 5.56 Å². The second-order valence-electron chi connectivity index (χ2n) is 7.47. The molecule has 1 atom stereocenters. The number of rotatable bonds is 3. The van der Waals surface area contributed by atoms with Crippen LogP contribution in [-0.2, 0) is 12.8 Å². The van der Waals surface area contributed by atoms with Gasteiger partial charge in [-0.05, 0) is 68.5 Å². The summed E-state index contributed by atoms with van der Waals surface area (Å²) < 4.78 is 5.93. The normalized spacial score (nSPS) is 19.4. The highest BCUT2D eigenvalue weighted by molar-refractivity contribution is 5.60. The number of aryl methyl sites for hydroxylation is 3. The first kappa shape index (κ1) is 16.9. The van der Waals surface area contributed by atoms with Crippen molar-refractivity contribution in [2.75, 3.05) is 6.61 Å². The minimum atomic E-state index is -0.537. The van der Waals surface area contributed by atoms with E-state index in [-0.39, 0.29) is 6.61 Å². The highest BCUT2D eigenvalue weighted by Gasteiger charge is 2.30. The van der Waals surface area contributed by atoms with Gasteiger partial charge in [0.2, 0.25) is 11.8 Å². The number of nitrogens with zero attached hydrogens (tertiary/aromatic N) is 2. The molecule has 0 saturated carbocycles. The van der Waals surface area contributed by atoms with Gasteiger partial charge in [0, 0.05) is 16.7 Å². The Bertz CT molecular complexity index is 943. The zero-order valence-corrected chi connectivity index (χ0v) is 15.1. The van der Waals surface area contributed by atoms with Crippen molar-refractivity contribution in [2.45, 2.75) is 38.6 Å². The first-order chi connectivity index (χ1) is 12.5. The van der Waals surface area contributed by atoms with Crippen molar-refractivity contribution in [1.29, 1.82) is 0 Å². The number of hydrogen-bond acceptors (Lipinski definition) is 5. The molecule has 3 aromatic rings. The van der Waals surface area contributed by atoms with Crippen molar-refractivity contribution in [1.82, 2.24) is 10.2 Å². The highest BCUT2D eigenvalue weighted by Crippen LogP contribution is 2.31. The zero-order chi connectivity index (χ0) is 18.3. The molecule has 0 bridgehead atoms. The maximum absolute atomic E-state index is 9.57. The molecule has 1 heterocycles. The molecular weight excluding hydrogens is 326 g/mol. The molecule has 0 amide bonds. The summed E-state index contributed by atoms with van der Waals surface area (Å²) in [6.07, 6.45) is 2.34. The lowest BCUT2D eigenvalue weighted by Crippen LogP contribution is -2.48. The van der Waals surface area contributed by atoms with Gasteiger partial charge in [-0.2, -0.15) is 0 Å². The molecule has 26 heavy (non-hydrogen) atoms. The van der Waals surface area contributed by atoms with E-state index >= 15 is 0 Å². The average Bonchev–Trinajstić information content (AvgIpc) is 3.10. The lowest BCUT2D eigenvalue weighted by Gasteiger charge is -2.33. The molecule has 5 nitrogen and oxygen atoms in total. The summed E-state index contributed by atoms with van der Waals surface area (Å²) in [5.74, 6) is 1.02. The van der Waals surface area contributed by atoms with E-state index in [0.29, 0.717) is 18.2 Å². The molecule has 2 aromatic carbocycles. The average molecular weight is 349 g/mol. The van der Waals surface area contributed by atoms with Crippen molar-refractivity contribution in [3.63, 3.8) is 0 Å². The Balaban J connectivity index is 1.67. The Morgan fingerprint density at radius 1 is 1.00 bits per heavy atom. The summed E-state index contributed by atoms with van der Waals surface area (Å²) in [5.41, 5.74) is 12.3. The quantitative estimate of drug-likeness (QED) is 0.758. The van der Waals surface area contributed by atoms with Gasteiger partial charge in [0.15, 0.2) is 0 Å². The van der Waals surface area contributed by atoms with E-state index in [4.69, 9.17) is 10.2 Å². The number of aromatic nitrogens is 2. The van der Waals surface area contributed by atoms with Crippen molar-refractivity contribution < 1.29 is 9.52 Å². The van der Waals surface area contributed by atoms with E-state index in [9.17, 15) is 5.11 Å². The predicted octanol–water partition coefficient (Wildman–Crippen LogP) is 3.20. The number of benzene rings is 2. The van der Waals surface area contributed by atoms with E-state index in [2.05, 4.69) is 42.2 Å². The number of nitrogens with two attached hydrogens (primary N) is 1. The molecular formula is C21H23N3O2. The summed E-state index contributed by atoms with van der Waals surface area (Å²) in [6, 6.07) is 12.4. The summed E-state index contributed by atoms with van der Waals surface area (Å²) in [6.45, 7) is 4.10. The van der Waals surface area contributed by atoms with Crippen molar-refractivity contribution in [3.8, 4) is 22.9 Å². The van der Waals surface area contributed by atoms with Gasteiger partial charge in [-0.15, -0.1) is 10.2 Å².